The third-order valence-corrected chi connectivity index (χ3v) is 4.99. The zero-order valence-corrected chi connectivity index (χ0v) is 12.4. The quantitative estimate of drug-likeness (QED) is 0.891. The van der Waals surface area contributed by atoms with Gasteiger partial charge in [0.1, 0.15) is 5.75 Å². The van der Waals surface area contributed by atoms with Gasteiger partial charge in [0.2, 0.25) is 5.91 Å². The van der Waals surface area contributed by atoms with E-state index in [2.05, 4.69) is 5.32 Å². The Labute approximate surface area is 123 Å². The number of amides is 1. The maximum Gasteiger partial charge on any atom is 0.223 e. The molecule has 1 N–H and O–H groups in total. The second kappa shape index (κ2) is 6.45. The highest BCUT2D eigenvalue weighted by Crippen LogP contribution is 2.17. The molecule has 1 aromatic rings. The van der Waals surface area contributed by atoms with E-state index < -0.39 is 9.84 Å². The van der Waals surface area contributed by atoms with Crippen LogP contribution in [-0.4, -0.2) is 38.5 Å². The first kappa shape index (κ1) is 15.1. The van der Waals surface area contributed by atoms with E-state index in [1.54, 1.807) is 24.3 Å². The Morgan fingerprint density at radius 1 is 1.45 bits per heavy atom. The fourth-order valence-electron chi connectivity index (χ4n) is 2.03. The third-order valence-electron chi connectivity index (χ3n) is 2.99. The maximum atomic E-state index is 11.7. The number of carbonyl (C=O) groups is 1. The molecule has 1 aromatic carbocycles. The van der Waals surface area contributed by atoms with Gasteiger partial charge in [0, 0.05) is 11.1 Å². The highest BCUT2D eigenvalue weighted by Gasteiger charge is 2.28. The molecule has 20 heavy (non-hydrogen) atoms. The lowest BCUT2D eigenvalue weighted by atomic mass is 10.2. The molecular weight excluding hydrogens is 302 g/mol. The average Bonchev–Trinajstić information content (AvgIpc) is 2.68. The lowest BCUT2D eigenvalue weighted by Crippen LogP contribution is -2.36. The number of halogens is 1. The number of carbonyl (C=O) groups excluding carboxylic acids is 1. The Morgan fingerprint density at radius 2 is 2.25 bits per heavy atom. The highest BCUT2D eigenvalue weighted by atomic mass is 35.5. The predicted molar refractivity (Wildman–Crippen MR) is 76.8 cm³/mol. The van der Waals surface area contributed by atoms with Crippen molar-refractivity contribution in [3.63, 3.8) is 0 Å². The molecule has 1 atom stereocenters. The third kappa shape index (κ3) is 4.68. The second-order valence-corrected chi connectivity index (χ2v) is 7.39. The minimum absolute atomic E-state index is 0.0356. The standard InChI is InChI=1S/C13H16ClNO4S/c14-10-2-1-3-12(8-10)19-6-4-13(16)15-11-5-7-20(17,18)9-11/h1-3,8,11H,4-7,9H2,(H,15,16). The van der Waals surface area contributed by atoms with Gasteiger partial charge in [-0.3, -0.25) is 4.79 Å². The van der Waals surface area contributed by atoms with Gasteiger partial charge in [0.05, 0.1) is 24.5 Å². The summed E-state index contributed by atoms with van der Waals surface area (Å²) >= 11 is 5.81. The number of sulfone groups is 1. The lowest BCUT2D eigenvalue weighted by Gasteiger charge is -2.11. The molecular formula is C13H16ClNO4S. The van der Waals surface area contributed by atoms with E-state index in [-0.39, 0.29) is 36.5 Å². The molecule has 1 amide bonds. The lowest BCUT2D eigenvalue weighted by molar-refractivity contribution is -0.122. The topological polar surface area (TPSA) is 72.5 Å². The van der Waals surface area contributed by atoms with Crippen molar-refractivity contribution in [2.75, 3.05) is 18.1 Å². The van der Waals surface area contributed by atoms with Gasteiger partial charge in [-0.1, -0.05) is 17.7 Å². The number of benzene rings is 1. The molecule has 1 heterocycles. The molecule has 0 radical (unpaired) electrons. The number of rotatable bonds is 5. The van der Waals surface area contributed by atoms with E-state index in [9.17, 15) is 13.2 Å². The van der Waals surface area contributed by atoms with Crippen molar-refractivity contribution in [2.24, 2.45) is 0 Å². The summed E-state index contributed by atoms with van der Waals surface area (Å²) in [5, 5.41) is 3.28. The van der Waals surface area contributed by atoms with Crippen LogP contribution in [-0.2, 0) is 14.6 Å². The molecule has 0 bridgehead atoms. The molecule has 1 aliphatic heterocycles. The van der Waals surface area contributed by atoms with Gasteiger partial charge in [0.15, 0.2) is 9.84 Å². The summed E-state index contributed by atoms with van der Waals surface area (Å²) in [6.07, 6.45) is 0.673. The molecule has 1 aliphatic rings. The summed E-state index contributed by atoms with van der Waals surface area (Å²) in [4.78, 5) is 11.7. The fourth-order valence-corrected chi connectivity index (χ4v) is 3.88. The van der Waals surface area contributed by atoms with Gasteiger partial charge in [-0.2, -0.15) is 0 Å². The monoisotopic (exact) mass is 317 g/mol. The van der Waals surface area contributed by atoms with Crippen LogP contribution in [0.4, 0.5) is 0 Å². The van der Waals surface area contributed by atoms with Crippen LogP contribution in [0.1, 0.15) is 12.8 Å². The normalized spacial score (nSPS) is 20.6. The molecule has 5 nitrogen and oxygen atoms in total. The van der Waals surface area contributed by atoms with Crippen molar-refractivity contribution in [1.82, 2.24) is 5.32 Å². The van der Waals surface area contributed by atoms with Gasteiger partial charge in [-0.25, -0.2) is 8.42 Å². The SMILES string of the molecule is O=C(CCOc1cccc(Cl)c1)NC1CCS(=O)(=O)C1. The van der Waals surface area contributed by atoms with Crippen molar-refractivity contribution in [3.05, 3.63) is 29.3 Å². The molecule has 1 fully saturated rings. The first-order valence-electron chi connectivity index (χ1n) is 6.33. The van der Waals surface area contributed by atoms with Gasteiger partial charge < -0.3 is 10.1 Å². The van der Waals surface area contributed by atoms with E-state index in [0.29, 0.717) is 17.2 Å². The largest absolute Gasteiger partial charge is 0.493 e. The van der Waals surface area contributed by atoms with Crippen LogP contribution < -0.4 is 10.1 Å². The predicted octanol–water partition coefficient (Wildman–Crippen LogP) is 1.41. The van der Waals surface area contributed by atoms with Crippen molar-refractivity contribution in [3.8, 4) is 5.75 Å². The van der Waals surface area contributed by atoms with E-state index in [4.69, 9.17) is 16.3 Å². The van der Waals surface area contributed by atoms with E-state index in [1.165, 1.54) is 0 Å². The number of ether oxygens (including phenoxy) is 1. The summed E-state index contributed by atoms with van der Waals surface area (Å²) in [7, 11) is -2.97. The first-order chi connectivity index (χ1) is 9.44. The first-order valence-corrected chi connectivity index (χ1v) is 8.53. The van der Waals surface area contributed by atoms with Crippen LogP contribution in [0.5, 0.6) is 5.75 Å². The van der Waals surface area contributed by atoms with Crippen LogP contribution in [0.25, 0.3) is 0 Å². The van der Waals surface area contributed by atoms with Crippen molar-refractivity contribution in [1.29, 1.82) is 0 Å². The van der Waals surface area contributed by atoms with E-state index in [1.807, 2.05) is 0 Å². The zero-order valence-electron chi connectivity index (χ0n) is 10.8. The average molecular weight is 318 g/mol. The number of nitrogens with one attached hydrogen (secondary N) is 1. The van der Waals surface area contributed by atoms with Gasteiger partial charge in [0.25, 0.3) is 0 Å². The fraction of sp³-hybridized carbons (Fsp3) is 0.462. The highest BCUT2D eigenvalue weighted by molar-refractivity contribution is 7.91. The Bertz CT molecular complexity index is 588. The van der Waals surface area contributed by atoms with Crippen LogP contribution in [0.2, 0.25) is 5.02 Å². The summed E-state index contributed by atoms with van der Waals surface area (Å²) in [5.41, 5.74) is 0. The zero-order chi connectivity index (χ0) is 14.6. The molecule has 1 unspecified atom stereocenters. The summed E-state index contributed by atoms with van der Waals surface area (Å²) in [6, 6.07) is 6.66. The summed E-state index contributed by atoms with van der Waals surface area (Å²) in [6.45, 7) is 0.228. The van der Waals surface area contributed by atoms with E-state index in [0.717, 1.165) is 0 Å². The molecule has 0 spiro atoms. The molecule has 0 aromatic heterocycles. The van der Waals surface area contributed by atoms with Crippen LogP contribution in [0, 0.1) is 0 Å². The van der Waals surface area contributed by atoms with Crippen molar-refractivity contribution >= 4 is 27.3 Å². The molecule has 0 saturated carbocycles. The Hall–Kier alpha value is -1.27. The second-order valence-electron chi connectivity index (χ2n) is 4.72. The molecule has 1 saturated heterocycles. The number of hydrogen-bond donors (Lipinski definition) is 1. The Kier molecular flexibility index (Phi) is 4.88. The summed E-state index contributed by atoms with van der Waals surface area (Å²) < 4.78 is 27.9. The van der Waals surface area contributed by atoms with Gasteiger partial charge in [-0.15, -0.1) is 0 Å². The van der Waals surface area contributed by atoms with Crippen LogP contribution in [0.15, 0.2) is 24.3 Å². The van der Waals surface area contributed by atoms with Crippen LogP contribution in [0.3, 0.4) is 0 Å². The minimum Gasteiger partial charge on any atom is -0.493 e. The number of hydrogen-bond acceptors (Lipinski definition) is 4. The molecule has 110 valence electrons. The Morgan fingerprint density at radius 3 is 2.90 bits per heavy atom. The van der Waals surface area contributed by atoms with Crippen molar-refractivity contribution in [2.45, 2.75) is 18.9 Å². The molecule has 0 aliphatic carbocycles. The molecule has 2 rings (SSSR count). The van der Waals surface area contributed by atoms with Gasteiger partial charge >= 0.3 is 0 Å². The Balaban J connectivity index is 1.71. The van der Waals surface area contributed by atoms with E-state index >= 15 is 0 Å². The summed E-state index contributed by atoms with van der Waals surface area (Å²) in [5.74, 6) is 0.591. The smallest absolute Gasteiger partial charge is 0.223 e. The van der Waals surface area contributed by atoms with Crippen molar-refractivity contribution < 1.29 is 17.9 Å². The maximum absolute atomic E-state index is 11.7. The van der Waals surface area contributed by atoms with Gasteiger partial charge in [-0.05, 0) is 24.6 Å². The molecule has 7 heteroatoms. The minimum atomic E-state index is -2.97. The van der Waals surface area contributed by atoms with Crippen LogP contribution >= 0.6 is 11.6 Å².